The molecule has 0 atom stereocenters. The molecule has 0 bridgehead atoms. The Labute approximate surface area is 100 Å². The highest BCUT2D eigenvalue weighted by Gasteiger charge is 2.20. The van der Waals surface area contributed by atoms with E-state index in [2.05, 4.69) is 39.0 Å². The summed E-state index contributed by atoms with van der Waals surface area (Å²) in [5.41, 5.74) is 7.21. The Kier molecular flexibility index (Phi) is 6.12. The van der Waals surface area contributed by atoms with Gasteiger partial charge in [-0.15, -0.1) is 0 Å². The Morgan fingerprint density at radius 1 is 0.941 bits per heavy atom. The van der Waals surface area contributed by atoms with E-state index in [9.17, 15) is 0 Å². The van der Waals surface area contributed by atoms with E-state index in [4.69, 9.17) is 20.4 Å². The molecule has 0 heterocycles. The van der Waals surface area contributed by atoms with Crippen LogP contribution in [-0.2, 0) is 9.59 Å². The molecule has 0 saturated heterocycles. The first-order valence-corrected chi connectivity index (χ1v) is 4.90. The van der Waals surface area contributed by atoms with Gasteiger partial charge in [-0.1, -0.05) is 18.2 Å². The maximum absolute atomic E-state index is 8.35. The van der Waals surface area contributed by atoms with Gasteiger partial charge < -0.3 is 0 Å². The monoisotopic (exact) mass is 230 g/mol. The first kappa shape index (κ1) is 14.7. The van der Waals surface area contributed by atoms with Gasteiger partial charge in [0.25, 0.3) is 0 Å². The third-order valence-corrected chi connectivity index (χ3v) is 2.75. The van der Waals surface area contributed by atoms with Gasteiger partial charge in [-0.3, -0.25) is 0 Å². The molecule has 4 nitrogen and oxygen atoms in total. The molecule has 0 aliphatic heterocycles. The van der Waals surface area contributed by atoms with Crippen LogP contribution >= 0.6 is 0 Å². The van der Waals surface area contributed by atoms with Gasteiger partial charge in [0.15, 0.2) is 0 Å². The molecule has 0 aromatic heterocycles. The van der Waals surface area contributed by atoms with Crippen LogP contribution in [-0.4, -0.2) is 12.2 Å². The molecular weight excluding hydrogens is 216 g/mol. The van der Waals surface area contributed by atoms with Crippen LogP contribution in [0.25, 0.3) is 0 Å². The van der Waals surface area contributed by atoms with Crippen molar-refractivity contribution < 1.29 is 9.59 Å². The van der Waals surface area contributed by atoms with Crippen LogP contribution in [0.15, 0.2) is 46.1 Å². The molecule has 0 aromatic carbocycles. The lowest BCUT2D eigenvalue weighted by Gasteiger charge is -1.96. The topological polar surface area (TPSA) is 81.8 Å². The van der Waals surface area contributed by atoms with E-state index in [-0.39, 0.29) is 0 Å². The Balaban J connectivity index is 0.000000366. The standard InChI is InChI=1S/C11H12.2CHNO/c1-7-8(2)10-5-4-6-11(10)9(7)3;2*2-1-3/h4-6H,1-3H3;2*2H. The predicted octanol–water partition coefficient (Wildman–Crippen LogP) is 2.95. The maximum atomic E-state index is 8.35. The smallest absolute Gasteiger partial charge is 0.222 e. The largest absolute Gasteiger partial charge is 0.231 e. The van der Waals surface area contributed by atoms with Crippen LogP contribution in [0.4, 0.5) is 0 Å². The highest BCUT2D eigenvalue weighted by molar-refractivity contribution is 5.69. The summed E-state index contributed by atoms with van der Waals surface area (Å²) in [4.78, 5) is 16.7. The van der Waals surface area contributed by atoms with E-state index in [0.29, 0.717) is 0 Å². The third-order valence-electron chi connectivity index (χ3n) is 2.75. The van der Waals surface area contributed by atoms with Crippen molar-refractivity contribution in [3.05, 3.63) is 46.1 Å². The molecule has 0 spiro atoms. The van der Waals surface area contributed by atoms with E-state index in [1.807, 2.05) is 0 Å². The van der Waals surface area contributed by atoms with Crippen LogP contribution in [0.5, 0.6) is 0 Å². The minimum absolute atomic E-state index is 0.750. The normalized spacial score (nSPS) is 14.9. The summed E-state index contributed by atoms with van der Waals surface area (Å²) in [5.74, 6) is 0. The van der Waals surface area contributed by atoms with Gasteiger partial charge in [0.2, 0.25) is 12.2 Å². The number of hydrogen-bond acceptors (Lipinski definition) is 4. The summed E-state index contributed by atoms with van der Waals surface area (Å²) in [7, 11) is 0. The molecule has 0 saturated carbocycles. The van der Waals surface area contributed by atoms with Crippen LogP contribution in [0.1, 0.15) is 20.8 Å². The minimum atomic E-state index is 0.750. The Hall–Kier alpha value is -2.28. The zero-order valence-electron chi connectivity index (χ0n) is 10.0. The lowest BCUT2D eigenvalue weighted by molar-refractivity contribution is 0.562. The first-order valence-electron chi connectivity index (χ1n) is 4.90. The van der Waals surface area contributed by atoms with Gasteiger partial charge in [0.05, 0.1) is 0 Å². The summed E-state index contributed by atoms with van der Waals surface area (Å²) < 4.78 is 0. The van der Waals surface area contributed by atoms with Crippen molar-refractivity contribution in [1.82, 2.24) is 0 Å². The van der Waals surface area contributed by atoms with E-state index >= 15 is 0 Å². The van der Waals surface area contributed by atoms with Crippen LogP contribution in [0, 0.1) is 10.8 Å². The molecule has 2 rings (SSSR count). The highest BCUT2D eigenvalue weighted by Crippen LogP contribution is 2.39. The van der Waals surface area contributed by atoms with Crippen molar-refractivity contribution >= 4 is 12.2 Å². The molecule has 17 heavy (non-hydrogen) atoms. The average molecular weight is 230 g/mol. The molecule has 88 valence electrons. The molecule has 2 aliphatic rings. The zero-order chi connectivity index (χ0) is 13.4. The van der Waals surface area contributed by atoms with Crippen molar-refractivity contribution in [3.8, 4) is 0 Å². The summed E-state index contributed by atoms with van der Waals surface area (Å²) >= 11 is 0. The van der Waals surface area contributed by atoms with Crippen molar-refractivity contribution in [2.75, 3.05) is 0 Å². The number of allylic oxidation sites excluding steroid dienone is 8. The summed E-state index contributed by atoms with van der Waals surface area (Å²) in [6.07, 6.45) is 8.03. The molecule has 0 fully saturated rings. The Bertz CT molecular complexity index is 482. The fourth-order valence-corrected chi connectivity index (χ4v) is 1.76. The van der Waals surface area contributed by atoms with Crippen molar-refractivity contribution in [3.63, 3.8) is 0 Å². The van der Waals surface area contributed by atoms with Gasteiger partial charge in [-0.25, -0.2) is 20.4 Å². The van der Waals surface area contributed by atoms with Gasteiger partial charge in [-0.2, -0.15) is 0 Å². The van der Waals surface area contributed by atoms with Crippen LogP contribution in [0.3, 0.4) is 0 Å². The summed E-state index contributed by atoms with van der Waals surface area (Å²) in [5, 5.41) is 10.8. The van der Waals surface area contributed by atoms with Crippen LogP contribution < -0.4 is 0 Å². The molecule has 0 radical (unpaired) electrons. The molecule has 2 aliphatic carbocycles. The lowest BCUT2D eigenvalue weighted by Crippen LogP contribution is -1.77. The molecular formula is C13H14N2O2. The van der Waals surface area contributed by atoms with Gasteiger partial charge in [0, 0.05) is 0 Å². The molecule has 0 unspecified atom stereocenters. The SMILES string of the molecule is CC1=C(C)C(C)=C2C=CC=C12.N=C=O.N=C=O. The second kappa shape index (κ2) is 7.07. The van der Waals surface area contributed by atoms with E-state index in [0.717, 1.165) is 12.2 Å². The molecule has 0 aromatic rings. The predicted molar refractivity (Wildman–Crippen MR) is 65.1 cm³/mol. The van der Waals surface area contributed by atoms with Gasteiger partial charge in [0.1, 0.15) is 0 Å². The zero-order valence-corrected chi connectivity index (χ0v) is 10.0. The number of rotatable bonds is 0. The maximum Gasteiger partial charge on any atom is 0.231 e. The Morgan fingerprint density at radius 3 is 1.82 bits per heavy atom. The fourth-order valence-electron chi connectivity index (χ4n) is 1.76. The second-order valence-electron chi connectivity index (χ2n) is 3.43. The highest BCUT2D eigenvalue weighted by atomic mass is 16.1. The van der Waals surface area contributed by atoms with Crippen molar-refractivity contribution in [1.29, 1.82) is 10.8 Å². The quantitative estimate of drug-likeness (QED) is 0.495. The van der Waals surface area contributed by atoms with E-state index < -0.39 is 0 Å². The number of hydrogen-bond donors (Lipinski definition) is 2. The first-order chi connectivity index (χ1) is 8.04. The fraction of sp³-hybridized carbons (Fsp3) is 0.231. The molecule has 2 N–H and O–H groups in total. The lowest BCUT2D eigenvalue weighted by atomic mass is 10.1. The minimum Gasteiger partial charge on any atom is -0.222 e. The number of carbonyl (C=O) groups excluding carboxylic acids is 2. The second-order valence-corrected chi connectivity index (χ2v) is 3.43. The third kappa shape index (κ3) is 3.35. The van der Waals surface area contributed by atoms with E-state index in [1.54, 1.807) is 0 Å². The summed E-state index contributed by atoms with van der Waals surface area (Å²) in [6, 6.07) is 0. The van der Waals surface area contributed by atoms with Gasteiger partial charge in [-0.05, 0) is 48.6 Å². The van der Waals surface area contributed by atoms with Crippen molar-refractivity contribution in [2.45, 2.75) is 20.8 Å². The summed E-state index contributed by atoms with van der Waals surface area (Å²) in [6.45, 7) is 6.60. The van der Waals surface area contributed by atoms with Gasteiger partial charge >= 0.3 is 0 Å². The number of fused-ring (bicyclic) bond motifs is 1. The Morgan fingerprint density at radius 2 is 1.41 bits per heavy atom. The molecule has 4 heteroatoms. The van der Waals surface area contributed by atoms with E-state index in [1.165, 1.54) is 27.9 Å². The number of nitrogens with one attached hydrogen (secondary N) is 2. The molecule has 0 amide bonds. The van der Waals surface area contributed by atoms with Crippen LogP contribution in [0.2, 0.25) is 0 Å². The average Bonchev–Trinajstić information content (AvgIpc) is 2.83. The number of isocyanates is 2. The van der Waals surface area contributed by atoms with Crippen molar-refractivity contribution in [2.24, 2.45) is 0 Å².